The molecule has 148 valence electrons. The summed E-state index contributed by atoms with van der Waals surface area (Å²) in [4.78, 5) is 40.0. The zero-order chi connectivity index (χ0) is 20.0. The van der Waals surface area contributed by atoms with Crippen molar-refractivity contribution >= 4 is 34.0 Å². The van der Waals surface area contributed by atoms with Crippen LogP contribution in [0.2, 0.25) is 0 Å². The van der Waals surface area contributed by atoms with Gasteiger partial charge >= 0.3 is 5.69 Å². The van der Waals surface area contributed by atoms with E-state index in [0.29, 0.717) is 13.1 Å². The molecule has 3 N–H and O–H groups in total. The third kappa shape index (κ3) is 3.15. The molecule has 1 aliphatic heterocycles. The molecule has 1 aromatic carbocycles. The van der Waals surface area contributed by atoms with Crippen LogP contribution in [0.15, 0.2) is 47.5 Å². The van der Waals surface area contributed by atoms with Crippen molar-refractivity contribution in [2.75, 3.05) is 31.1 Å². The Morgan fingerprint density at radius 2 is 1.86 bits per heavy atom. The zero-order valence-corrected chi connectivity index (χ0v) is 16.8. The first-order valence-electron chi connectivity index (χ1n) is 9.59. The minimum Gasteiger partial charge on any atom is -0.366 e. The first-order valence-corrected chi connectivity index (χ1v) is 10.4. The van der Waals surface area contributed by atoms with Crippen LogP contribution in [-0.2, 0) is 0 Å². The molecule has 4 heterocycles. The molecule has 0 aliphatic carbocycles. The van der Waals surface area contributed by atoms with E-state index in [1.807, 2.05) is 29.3 Å². The molecule has 0 radical (unpaired) electrons. The van der Waals surface area contributed by atoms with E-state index >= 15 is 0 Å². The fraction of sp³-hybridized carbons (Fsp3) is 0.238. The number of fused-ring (bicyclic) bond motifs is 1. The summed E-state index contributed by atoms with van der Waals surface area (Å²) in [6.07, 6.45) is 3.70. The van der Waals surface area contributed by atoms with Crippen LogP contribution in [0.5, 0.6) is 0 Å². The van der Waals surface area contributed by atoms with Gasteiger partial charge in [0, 0.05) is 53.9 Å². The molecule has 4 aromatic rings. The molecular weight excluding hydrogens is 386 g/mol. The average molecular weight is 407 g/mol. The van der Waals surface area contributed by atoms with E-state index in [9.17, 15) is 9.59 Å². The normalized spacial score (nSPS) is 14.7. The highest BCUT2D eigenvalue weighted by atomic mass is 32.1. The van der Waals surface area contributed by atoms with E-state index in [2.05, 4.69) is 38.9 Å². The lowest BCUT2D eigenvalue weighted by atomic mass is 10.1. The number of hydrogen-bond donors (Lipinski definition) is 3. The number of para-hydroxylation sites is 1. The summed E-state index contributed by atoms with van der Waals surface area (Å²) in [5.74, 6) is 0.0558. The Hall–Kier alpha value is -3.26. The van der Waals surface area contributed by atoms with Gasteiger partial charge < -0.3 is 24.8 Å². The first-order chi connectivity index (χ1) is 14.1. The van der Waals surface area contributed by atoms with E-state index in [4.69, 9.17) is 0 Å². The number of hydrogen-bond acceptors (Lipinski definition) is 4. The molecular formula is C21H21N5O2S. The molecule has 3 aromatic heterocycles. The highest BCUT2D eigenvalue weighted by Gasteiger charge is 2.26. The predicted octanol–water partition coefficient (Wildman–Crippen LogP) is 3.18. The van der Waals surface area contributed by atoms with Gasteiger partial charge in [0.25, 0.3) is 5.91 Å². The smallest absolute Gasteiger partial charge is 0.323 e. The van der Waals surface area contributed by atoms with Crippen molar-refractivity contribution in [3.8, 4) is 10.4 Å². The molecule has 29 heavy (non-hydrogen) atoms. The van der Waals surface area contributed by atoms with Gasteiger partial charge in [-0.15, -0.1) is 11.3 Å². The lowest BCUT2D eigenvalue weighted by Gasteiger charge is -2.36. The van der Waals surface area contributed by atoms with Crippen LogP contribution in [-0.4, -0.2) is 51.9 Å². The average Bonchev–Trinajstić information content (AvgIpc) is 3.45. The summed E-state index contributed by atoms with van der Waals surface area (Å²) in [7, 11) is 0. The number of aryl methyl sites for hydroxylation is 1. The monoisotopic (exact) mass is 407 g/mol. The highest BCUT2D eigenvalue weighted by Crippen LogP contribution is 2.31. The van der Waals surface area contributed by atoms with Crippen molar-refractivity contribution in [3.63, 3.8) is 0 Å². The maximum absolute atomic E-state index is 13.2. The number of nitrogens with zero attached hydrogens (tertiary/aromatic N) is 2. The minimum absolute atomic E-state index is 0.0558. The molecule has 7 nitrogen and oxygen atoms in total. The molecule has 1 aliphatic rings. The van der Waals surface area contributed by atoms with Crippen molar-refractivity contribution in [1.29, 1.82) is 0 Å². The van der Waals surface area contributed by atoms with Crippen molar-refractivity contribution in [2.24, 2.45) is 0 Å². The fourth-order valence-electron chi connectivity index (χ4n) is 3.95. The Labute approximate surface area is 171 Å². The summed E-state index contributed by atoms with van der Waals surface area (Å²) in [5, 5.41) is 0. The van der Waals surface area contributed by atoms with E-state index in [-0.39, 0.29) is 11.6 Å². The Kier molecular flexibility index (Phi) is 4.28. The predicted molar refractivity (Wildman–Crippen MR) is 116 cm³/mol. The number of aromatic amines is 3. The topological polar surface area (TPSA) is 88.0 Å². The van der Waals surface area contributed by atoms with Gasteiger partial charge in [0.05, 0.1) is 22.3 Å². The number of nitrogens with one attached hydrogen (secondary N) is 3. The van der Waals surface area contributed by atoms with E-state index in [1.165, 1.54) is 4.88 Å². The second-order valence-electron chi connectivity index (χ2n) is 7.25. The summed E-state index contributed by atoms with van der Waals surface area (Å²) in [5.41, 5.74) is 4.09. The molecule has 8 heteroatoms. The Balaban J connectivity index is 1.34. The standard InChI is InChI=1S/C21H21N5O2S/c1-13-5-6-18(29-13)14-11-22-12-15(14)20(27)26-9-7-25(8-10-26)17-4-2-3-16-19(17)24-21(28)23-16/h2-6,11-12,22H,7-10H2,1H3,(H2,23,24,28). The first kappa shape index (κ1) is 17.8. The number of benzene rings is 1. The van der Waals surface area contributed by atoms with Crippen LogP contribution in [0.1, 0.15) is 15.2 Å². The lowest BCUT2D eigenvalue weighted by Crippen LogP contribution is -2.48. The molecule has 0 atom stereocenters. The second-order valence-corrected chi connectivity index (χ2v) is 8.54. The molecule has 0 bridgehead atoms. The molecule has 1 amide bonds. The minimum atomic E-state index is -0.204. The third-order valence-corrected chi connectivity index (χ3v) is 6.45. The maximum Gasteiger partial charge on any atom is 0.323 e. The van der Waals surface area contributed by atoms with Crippen LogP contribution in [0.25, 0.3) is 21.5 Å². The Morgan fingerprint density at radius 1 is 1.03 bits per heavy atom. The summed E-state index contributed by atoms with van der Waals surface area (Å²) < 4.78 is 0. The van der Waals surface area contributed by atoms with Gasteiger partial charge in [-0.3, -0.25) is 4.79 Å². The number of rotatable bonds is 3. The van der Waals surface area contributed by atoms with Crippen molar-refractivity contribution in [3.05, 3.63) is 63.7 Å². The number of imidazole rings is 1. The van der Waals surface area contributed by atoms with Crippen LogP contribution < -0.4 is 10.6 Å². The highest BCUT2D eigenvalue weighted by molar-refractivity contribution is 7.15. The largest absolute Gasteiger partial charge is 0.366 e. The number of piperazine rings is 1. The quantitative estimate of drug-likeness (QED) is 0.487. The van der Waals surface area contributed by atoms with Crippen LogP contribution in [0.3, 0.4) is 0 Å². The SMILES string of the molecule is Cc1ccc(-c2c[nH]cc2C(=O)N2CCN(c3cccc4[nH]c(=O)[nH]c34)CC2)s1. The maximum atomic E-state index is 13.2. The molecule has 1 fully saturated rings. The third-order valence-electron chi connectivity index (χ3n) is 5.42. The number of amides is 1. The fourth-order valence-corrected chi connectivity index (χ4v) is 4.85. The van der Waals surface area contributed by atoms with Gasteiger partial charge in [-0.05, 0) is 31.2 Å². The summed E-state index contributed by atoms with van der Waals surface area (Å²) in [6, 6.07) is 9.97. The van der Waals surface area contributed by atoms with Gasteiger partial charge in [-0.2, -0.15) is 0 Å². The number of thiophene rings is 1. The van der Waals surface area contributed by atoms with Crippen molar-refractivity contribution < 1.29 is 4.79 Å². The van der Waals surface area contributed by atoms with Gasteiger partial charge in [0.15, 0.2) is 0 Å². The van der Waals surface area contributed by atoms with E-state index in [1.54, 1.807) is 17.5 Å². The number of H-pyrrole nitrogens is 3. The zero-order valence-electron chi connectivity index (χ0n) is 16.0. The molecule has 0 saturated carbocycles. The van der Waals surface area contributed by atoms with Gasteiger partial charge in [0.1, 0.15) is 0 Å². The number of anilines is 1. The van der Waals surface area contributed by atoms with Crippen molar-refractivity contribution in [2.45, 2.75) is 6.92 Å². The van der Waals surface area contributed by atoms with E-state index in [0.717, 1.165) is 45.8 Å². The van der Waals surface area contributed by atoms with Crippen molar-refractivity contribution in [1.82, 2.24) is 19.9 Å². The Morgan fingerprint density at radius 3 is 2.62 bits per heavy atom. The number of carbonyl (C=O) groups is 1. The molecule has 0 spiro atoms. The summed E-state index contributed by atoms with van der Waals surface area (Å²) in [6.45, 7) is 4.78. The molecule has 1 saturated heterocycles. The Bertz CT molecular complexity index is 1240. The molecule has 0 unspecified atom stereocenters. The summed E-state index contributed by atoms with van der Waals surface area (Å²) >= 11 is 1.69. The van der Waals surface area contributed by atoms with E-state index < -0.39 is 0 Å². The van der Waals surface area contributed by atoms with Gasteiger partial charge in [-0.1, -0.05) is 6.07 Å². The number of carbonyl (C=O) groups excluding carboxylic acids is 1. The number of aromatic nitrogens is 3. The van der Waals surface area contributed by atoms with Crippen LogP contribution in [0.4, 0.5) is 5.69 Å². The second kappa shape index (κ2) is 6.97. The van der Waals surface area contributed by atoms with Crippen LogP contribution in [0, 0.1) is 6.92 Å². The molecule has 5 rings (SSSR count). The van der Waals surface area contributed by atoms with Crippen LogP contribution >= 0.6 is 11.3 Å². The lowest BCUT2D eigenvalue weighted by molar-refractivity contribution is 0.0748. The van der Waals surface area contributed by atoms with Gasteiger partial charge in [-0.25, -0.2) is 4.79 Å². The van der Waals surface area contributed by atoms with Gasteiger partial charge in [0.2, 0.25) is 0 Å².